The highest BCUT2D eigenvalue weighted by Crippen LogP contribution is 2.09. The van der Waals surface area contributed by atoms with Gasteiger partial charge in [-0.25, -0.2) is 17.5 Å². The predicted molar refractivity (Wildman–Crippen MR) is 59.6 cm³/mol. The first-order chi connectivity index (χ1) is 7.95. The quantitative estimate of drug-likeness (QED) is 0.305. The molecule has 17 heavy (non-hydrogen) atoms. The molecule has 0 unspecified atom stereocenters. The number of benzene rings is 1. The molecule has 0 aliphatic heterocycles. The number of nitrogens with two attached hydrogens (primary N) is 1. The highest BCUT2D eigenvalue weighted by molar-refractivity contribution is 7.89. The Kier molecular flexibility index (Phi) is 4.41. The SMILES string of the molecule is NC(CCNS(=O)(=O)c1cccc(F)c1)=NO. The van der Waals surface area contributed by atoms with Crippen LogP contribution in [0.3, 0.4) is 0 Å². The first-order valence-corrected chi connectivity index (χ1v) is 6.15. The number of sulfonamides is 1. The molecular formula is C9H12FN3O3S. The van der Waals surface area contributed by atoms with E-state index in [4.69, 9.17) is 10.9 Å². The van der Waals surface area contributed by atoms with E-state index in [0.717, 1.165) is 12.1 Å². The van der Waals surface area contributed by atoms with E-state index in [1.165, 1.54) is 12.1 Å². The fourth-order valence-corrected chi connectivity index (χ4v) is 2.14. The zero-order chi connectivity index (χ0) is 12.9. The second-order valence-electron chi connectivity index (χ2n) is 3.20. The molecule has 0 atom stereocenters. The zero-order valence-electron chi connectivity index (χ0n) is 8.80. The Labute approximate surface area is 98.0 Å². The minimum atomic E-state index is -3.77. The molecule has 1 aromatic carbocycles. The van der Waals surface area contributed by atoms with Crippen LogP contribution in [0.1, 0.15) is 6.42 Å². The van der Waals surface area contributed by atoms with Gasteiger partial charge < -0.3 is 10.9 Å². The van der Waals surface area contributed by atoms with Crippen LogP contribution in [0, 0.1) is 5.82 Å². The lowest BCUT2D eigenvalue weighted by molar-refractivity contribution is 0.317. The molecule has 0 bridgehead atoms. The van der Waals surface area contributed by atoms with Gasteiger partial charge in [0.05, 0.1) is 4.90 Å². The third kappa shape index (κ3) is 4.00. The van der Waals surface area contributed by atoms with Crippen LogP contribution in [-0.4, -0.2) is 26.0 Å². The van der Waals surface area contributed by atoms with E-state index in [2.05, 4.69) is 9.88 Å². The van der Waals surface area contributed by atoms with Crippen molar-refractivity contribution in [3.8, 4) is 0 Å². The maximum atomic E-state index is 12.8. The molecular weight excluding hydrogens is 249 g/mol. The van der Waals surface area contributed by atoms with Gasteiger partial charge in [-0.05, 0) is 18.2 Å². The van der Waals surface area contributed by atoms with Crippen molar-refractivity contribution in [3.63, 3.8) is 0 Å². The van der Waals surface area contributed by atoms with Crippen LogP contribution in [0.2, 0.25) is 0 Å². The van der Waals surface area contributed by atoms with E-state index in [1.54, 1.807) is 0 Å². The Hall–Kier alpha value is -1.67. The van der Waals surface area contributed by atoms with Crippen molar-refractivity contribution < 1.29 is 18.0 Å². The van der Waals surface area contributed by atoms with Gasteiger partial charge in [-0.1, -0.05) is 11.2 Å². The Morgan fingerprint density at radius 2 is 2.24 bits per heavy atom. The van der Waals surface area contributed by atoms with E-state index >= 15 is 0 Å². The van der Waals surface area contributed by atoms with Crippen molar-refractivity contribution in [1.82, 2.24) is 4.72 Å². The summed E-state index contributed by atoms with van der Waals surface area (Å²) in [6.45, 7) is -0.0330. The van der Waals surface area contributed by atoms with E-state index in [9.17, 15) is 12.8 Å². The molecule has 0 radical (unpaired) electrons. The first kappa shape index (κ1) is 13.4. The lowest BCUT2D eigenvalue weighted by Crippen LogP contribution is -2.28. The molecule has 0 amide bonds. The molecule has 94 valence electrons. The summed E-state index contributed by atoms with van der Waals surface area (Å²) in [7, 11) is -3.77. The molecule has 0 heterocycles. The standard InChI is InChI=1S/C9H12FN3O3S/c10-7-2-1-3-8(6-7)17(15,16)12-5-4-9(11)13-14/h1-3,6,12,14H,4-5H2,(H2,11,13). The van der Waals surface area contributed by atoms with Crippen LogP contribution >= 0.6 is 0 Å². The summed E-state index contributed by atoms with van der Waals surface area (Å²) in [6, 6.07) is 4.63. The molecule has 1 rings (SSSR count). The lowest BCUT2D eigenvalue weighted by atomic mass is 10.4. The second-order valence-corrected chi connectivity index (χ2v) is 4.96. The summed E-state index contributed by atoms with van der Waals surface area (Å²) in [6.07, 6.45) is 0.0606. The summed E-state index contributed by atoms with van der Waals surface area (Å²) in [5.41, 5.74) is 5.17. The van der Waals surface area contributed by atoms with Crippen LogP contribution in [0.15, 0.2) is 34.3 Å². The summed E-state index contributed by atoms with van der Waals surface area (Å²) < 4.78 is 38.3. The summed E-state index contributed by atoms with van der Waals surface area (Å²) in [4.78, 5) is -0.169. The van der Waals surface area contributed by atoms with Gasteiger partial charge in [-0.2, -0.15) is 0 Å². The fraction of sp³-hybridized carbons (Fsp3) is 0.222. The molecule has 0 aliphatic carbocycles. The minimum absolute atomic E-state index is 0.0330. The third-order valence-electron chi connectivity index (χ3n) is 1.91. The second kappa shape index (κ2) is 5.60. The van der Waals surface area contributed by atoms with Crippen molar-refractivity contribution in [2.75, 3.05) is 6.54 Å². The van der Waals surface area contributed by atoms with Gasteiger partial charge in [0.1, 0.15) is 11.7 Å². The monoisotopic (exact) mass is 261 g/mol. The summed E-state index contributed by atoms with van der Waals surface area (Å²) in [5, 5.41) is 10.9. The Bertz CT molecular complexity index is 516. The van der Waals surface area contributed by atoms with Crippen LogP contribution < -0.4 is 10.5 Å². The molecule has 1 aromatic rings. The van der Waals surface area contributed by atoms with Crippen LogP contribution in [-0.2, 0) is 10.0 Å². The number of hydrogen-bond acceptors (Lipinski definition) is 4. The molecule has 6 nitrogen and oxygen atoms in total. The minimum Gasteiger partial charge on any atom is -0.409 e. The first-order valence-electron chi connectivity index (χ1n) is 4.67. The Balaban J connectivity index is 2.70. The van der Waals surface area contributed by atoms with Crippen LogP contribution in [0.25, 0.3) is 0 Å². The zero-order valence-corrected chi connectivity index (χ0v) is 9.61. The third-order valence-corrected chi connectivity index (χ3v) is 3.37. The molecule has 0 spiro atoms. The molecule has 0 aliphatic rings. The van der Waals surface area contributed by atoms with E-state index < -0.39 is 15.8 Å². The topological polar surface area (TPSA) is 105 Å². The average Bonchev–Trinajstić information content (AvgIpc) is 2.28. The maximum absolute atomic E-state index is 12.8. The molecule has 8 heteroatoms. The predicted octanol–water partition coefficient (Wildman–Crippen LogP) is 0.241. The van der Waals surface area contributed by atoms with Gasteiger partial charge in [-0.3, -0.25) is 0 Å². The molecule has 0 saturated heterocycles. The number of nitrogens with one attached hydrogen (secondary N) is 1. The Morgan fingerprint density at radius 3 is 2.82 bits per heavy atom. The number of oxime groups is 1. The van der Waals surface area contributed by atoms with E-state index in [0.29, 0.717) is 0 Å². The van der Waals surface area contributed by atoms with E-state index in [1.807, 2.05) is 0 Å². The van der Waals surface area contributed by atoms with Gasteiger partial charge in [0.25, 0.3) is 0 Å². The number of hydrogen-bond donors (Lipinski definition) is 3. The molecule has 0 saturated carbocycles. The largest absolute Gasteiger partial charge is 0.409 e. The highest BCUT2D eigenvalue weighted by atomic mass is 32.2. The van der Waals surface area contributed by atoms with Crippen molar-refractivity contribution in [3.05, 3.63) is 30.1 Å². The van der Waals surface area contributed by atoms with Crippen molar-refractivity contribution >= 4 is 15.9 Å². The fourth-order valence-electron chi connectivity index (χ4n) is 1.08. The number of halogens is 1. The smallest absolute Gasteiger partial charge is 0.240 e. The van der Waals surface area contributed by atoms with Gasteiger partial charge >= 0.3 is 0 Å². The number of rotatable bonds is 5. The normalized spacial score (nSPS) is 12.6. The van der Waals surface area contributed by atoms with E-state index in [-0.39, 0.29) is 23.7 Å². The molecule has 0 aromatic heterocycles. The highest BCUT2D eigenvalue weighted by Gasteiger charge is 2.13. The molecule has 0 fully saturated rings. The number of amidine groups is 1. The summed E-state index contributed by atoms with van der Waals surface area (Å²) >= 11 is 0. The lowest BCUT2D eigenvalue weighted by Gasteiger charge is -2.05. The van der Waals surface area contributed by atoms with Crippen molar-refractivity contribution in [1.29, 1.82) is 0 Å². The van der Waals surface area contributed by atoms with Crippen LogP contribution in [0.4, 0.5) is 4.39 Å². The van der Waals surface area contributed by atoms with Crippen molar-refractivity contribution in [2.24, 2.45) is 10.9 Å². The maximum Gasteiger partial charge on any atom is 0.240 e. The van der Waals surface area contributed by atoms with Gasteiger partial charge in [-0.15, -0.1) is 0 Å². The number of nitrogens with zero attached hydrogens (tertiary/aromatic N) is 1. The average molecular weight is 261 g/mol. The van der Waals surface area contributed by atoms with Gasteiger partial charge in [0, 0.05) is 13.0 Å². The van der Waals surface area contributed by atoms with Crippen LogP contribution in [0.5, 0.6) is 0 Å². The van der Waals surface area contributed by atoms with Gasteiger partial charge in [0.2, 0.25) is 10.0 Å². The molecule has 4 N–H and O–H groups in total. The van der Waals surface area contributed by atoms with Crippen molar-refractivity contribution in [2.45, 2.75) is 11.3 Å². The van der Waals surface area contributed by atoms with Gasteiger partial charge in [0.15, 0.2) is 0 Å². The summed E-state index contributed by atoms with van der Waals surface area (Å²) in [5.74, 6) is -0.726. The Morgan fingerprint density at radius 1 is 1.53 bits per heavy atom.